The molecule has 0 unspecified atom stereocenters. The fourth-order valence-electron chi connectivity index (χ4n) is 3.54. The molecule has 1 aliphatic heterocycles. The first kappa shape index (κ1) is 17.8. The van der Waals surface area contributed by atoms with Gasteiger partial charge >= 0.3 is 5.63 Å². The number of fused-ring (bicyclic) bond motifs is 2. The van der Waals surface area contributed by atoms with Gasteiger partial charge in [-0.15, -0.1) is 0 Å². The molecule has 0 bridgehead atoms. The molecule has 2 aromatic heterocycles. The Morgan fingerprint density at radius 3 is 2.93 bits per heavy atom. The number of aliphatic hydroxyl groups is 1. The molecule has 27 heavy (non-hydrogen) atoms. The monoisotopic (exact) mass is 387 g/mol. The first-order valence-electron chi connectivity index (χ1n) is 8.72. The lowest BCUT2D eigenvalue weighted by Gasteiger charge is -2.27. The molecular formula is C19H18ClN3O4. The van der Waals surface area contributed by atoms with Crippen LogP contribution >= 0.6 is 11.6 Å². The standard InChI is InChI=1S/C19H18ClN3O4/c1-2-23-16-5-6-22(9-14(16)15(10-24)21-23)18(25)13-8-11-7-12(20)3-4-17(11)27-19(13)26/h3-4,7-8,24H,2,5-6,9-10H2,1H3. The smallest absolute Gasteiger partial charge is 0.349 e. The molecule has 0 radical (unpaired) electrons. The highest BCUT2D eigenvalue weighted by molar-refractivity contribution is 6.31. The van der Waals surface area contributed by atoms with Gasteiger partial charge in [0.15, 0.2) is 0 Å². The maximum atomic E-state index is 13.0. The van der Waals surface area contributed by atoms with Gasteiger partial charge in [-0.2, -0.15) is 5.10 Å². The molecule has 4 rings (SSSR count). The highest BCUT2D eigenvalue weighted by Gasteiger charge is 2.29. The molecule has 3 heterocycles. The lowest BCUT2D eigenvalue weighted by atomic mass is 10.0. The molecule has 7 nitrogen and oxygen atoms in total. The number of halogens is 1. The van der Waals surface area contributed by atoms with E-state index in [1.54, 1.807) is 23.1 Å². The largest absolute Gasteiger partial charge is 0.422 e. The van der Waals surface area contributed by atoms with Gasteiger partial charge in [-0.1, -0.05) is 11.6 Å². The van der Waals surface area contributed by atoms with Gasteiger partial charge in [0.1, 0.15) is 11.1 Å². The quantitative estimate of drug-likeness (QED) is 0.697. The van der Waals surface area contributed by atoms with Gasteiger partial charge in [-0.3, -0.25) is 9.48 Å². The minimum Gasteiger partial charge on any atom is -0.422 e. The van der Waals surface area contributed by atoms with Crippen molar-refractivity contribution in [1.29, 1.82) is 0 Å². The highest BCUT2D eigenvalue weighted by atomic mass is 35.5. The molecule has 1 N–H and O–H groups in total. The van der Waals surface area contributed by atoms with Crippen LogP contribution in [0.2, 0.25) is 5.02 Å². The van der Waals surface area contributed by atoms with Gasteiger partial charge in [0.05, 0.1) is 12.3 Å². The Morgan fingerprint density at radius 1 is 1.37 bits per heavy atom. The van der Waals surface area contributed by atoms with E-state index in [-0.39, 0.29) is 12.2 Å². The summed E-state index contributed by atoms with van der Waals surface area (Å²) >= 11 is 6.00. The second-order valence-electron chi connectivity index (χ2n) is 6.45. The molecule has 0 saturated carbocycles. The van der Waals surface area contributed by atoms with E-state index in [0.29, 0.717) is 47.7 Å². The zero-order valence-corrected chi connectivity index (χ0v) is 15.5. The van der Waals surface area contributed by atoms with E-state index >= 15 is 0 Å². The Bertz CT molecular complexity index is 1100. The fraction of sp³-hybridized carbons (Fsp3) is 0.316. The summed E-state index contributed by atoms with van der Waals surface area (Å²) in [5.41, 5.74) is 2.14. The molecule has 8 heteroatoms. The van der Waals surface area contributed by atoms with Crippen LogP contribution in [0.5, 0.6) is 0 Å². The number of carbonyl (C=O) groups is 1. The first-order chi connectivity index (χ1) is 13.0. The molecule has 0 spiro atoms. The van der Waals surface area contributed by atoms with Crippen LogP contribution in [-0.4, -0.2) is 32.2 Å². The van der Waals surface area contributed by atoms with Gasteiger partial charge in [0.25, 0.3) is 5.91 Å². The maximum absolute atomic E-state index is 13.0. The summed E-state index contributed by atoms with van der Waals surface area (Å²) in [6, 6.07) is 6.41. The van der Waals surface area contributed by atoms with Crippen molar-refractivity contribution in [2.24, 2.45) is 0 Å². The summed E-state index contributed by atoms with van der Waals surface area (Å²) < 4.78 is 7.13. The van der Waals surface area contributed by atoms with Crippen molar-refractivity contribution in [2.45, 2.75) is 33.0 Å². The summed E-state index contributed by atoms with van der Waals surface area (Å²) in [4.78, 5) is 26.9. The van der Waals surface area contributed by atoms with E-state index in [0.717, 1.165) is 11.3 Å². The second-order valence-corrected chi connectivity index (χ2v) is 6.89. The minimum atomic E-state index is -0.674. The number of benzene rings is 1. The fourth-order valence-corrected chi connectivity index (χ4v) is 3.72. The van der Waals surface area contributed by atoms with Gasteiger partial charge in [0, 0.05) is 47.7 Å². The van der Waals surface area contributed by atoms with Crippen molar-refractivity contribution >= 4 is 28.5 Å². The molecule has 0 fully saturated rings. The minimum absolute atomic E-state index is 0.0263. The normalized spacial score (nSPS) is 13.8. The first-order valence-corrected chi connectivity index (χ1v) is 9.10. The summed E-state index contributed by atoms with van der Waals surface area (Å²) in [6.07, 6.45) is 0.618. The molecule has 140 valence electrons. The Kier molecular flexibility index (Phi) is 4.49. The van der Waals surface area contributed by atoms with E-state index < -0.39 is 11.5 Å². The predicted molar refractivity (Wildman–Crippen MR) is 99.8 cm³/mol. The van der Waals surface area contributed by atoms with Gasteiger partial charge in [-0.05, 0) is 31.2 Å². The molecule has 0 saturated heterocycles. The number of aromatic nitrogens is 2. The molecule has 3 aromatic rings. The number of hydrogen-bond donors (Lipinski definition) is 1. The molecule has 1 aromatic carbocycles. The van der Waals surface area contributed by atoms with Crippen LogP contribution in [0.4, 0.5) is 0 Å². The van der Waals surface area contributed by atoms with Crippen LogP contribution in [0.3, 0.4) is 0 Å². The van der Waals surface area contributed by atoms with Crippen LogP contribution in [-0.2, 0) is 26.1 Å². The number of aliphatic hydroxyl groups excluding tert-OH is 1. The molecular weight excluding hydrogens is 370 g/mol. The van der Waals surface area contributed by atoms with Crippen LogP contribution < -0.4 is 5.63 Å². The third kappa shape index (κ3) is 3.02. The lowest BCUT2D eigenvalue weighted by molar-refractivity contribution is 0.0728. The van der Waals surface area contributed by atoms with E-state index in [1.807, 2.05) is 11.6 Å². The van der Waals surface area contributed by atoms with Crippen molar-refractivity contribution in [3.05, 3.63) is 62.2 Å². The van der Waals surface area contributed by atoms with E-state index in [4.69, 9.17) is 16.0 Å². The van der Waals surface area contributed by atoms with Crippen LogP contribution in [0, 0.1) is 0 Å². The van der Waals surface area contributed by atoms with Crippen molar-refractivity contribution in [1.82, 2.24) is 14.7 Å². The SMILES string of the molecule is CCn1nc(CO)c2c1CCN(C(=O)c1cc3cc(Cl)ccc3oc1=O)C2. The molecule has 0 aliphatic carbocycles. The van der Waals surface area contributed by atoms with Crippen LogP contribution in [0.1, 0.15) is 34.2 Å². The van der Waals surface area contributed by atoms with Crippen molar-refractivity contribution in [3.63, 3.8) is 0 Å². The van der Waals surface area contributed by atoms with E-state index in [1.165, 1.54) is 6.07 Å². The zero-order valence-electron chi connectivity index (χ0n) is 14.7. The molecule has 1 amide bonds. The van der Waals surface area contributed by atoms with Crippen molar-refractivity contribution < 1.29 is 14.3 Å². The summed E-state index contributed by atoms with van der Waals surface area (Å²) in [5, 5.41) is 15.1. The summed E-state index contributed by atoms with van der Waals surface area (Å²) in [5.74, 6) is -0.399. The summed E-state index contributed by atoms with van der Waals surface area (Å²) in [7, 11) is 0. The summed E-state index contributed by atoms with van der Waals surface area (Å²) in [6.45, 7) is 3.27. The lowest BCUT2D eigenvalue weighted by Crippen LogP contribution is -2.38. The molecule has 1 aliphatic rings. The number of hydrogen-bond acceptors (Lipinski definition) is 5. The Balaban J connectivity index is 1.70. The molecule has 0 atom stereocenters. The second kappa shape index (κ2) is 6.83. The number of nitrogens with zero attached hydrogens (tertiary/aromatic N) is 3. The van der Waals surface area contributed by atoms with Crippen molar-refractivity contribution in [3.8, 4) is 0 Å². The Hall–Kier alpha value is -2.64. The van der Waals surface area contributed by atoms with Gasteiger partial charge in [0.2, 0.25) is 0 Å². The van der Waals surface area contributed by atoms with Crippen LogP contribution in [0.15, 0.2) is 33.5 Å². The number of rotatable bonds is 3. The van der Waals surface area contributed by atoms with Crippen LogP contribution in [0.25, 0.3) is 11.0 Å². The number of amides is 1. The average Bonchev–Trinajstić information content (AvgIpc) is 3.04. The maximum Gasteiger partial charge on any atom is 0.349 e. The third-order valence-corrected chi connectivity index (χ3v) is 5.11. The van der Waals surface area contributed by atoms with Gasteiger partial charge < -0.3 is 14.4 Å². The Morgan fingerprint density at radius 2 is 2.19 bits per heavy atom. The van der Waals surface area contributed by atoms with Crippen molar-refractivity contribution in [2.75, 3.05) is 6.54 Å². The predicted octanol–water partition coefficient (Wildman–Crippen LogP) is 2.35. The Labute approximate surface area is 159 Å². The van der Waals surface area contributed by atoms with Gasteiger partial charge in [-0.25, -0.2) is 4.79 Å². The zero-order chi connectivity index (χ0) is 19.1. The average molecular weight is 388 g/mol. The number of carbonyl (C=O) groups excluding carboxylic acids is 1. The van der Waals surface area contributed by atoms with E-state index in [9.17, 15) is 14.7 Å². The van der Waals surface area contributed by atoms with E-state index in [2.05, 4.69) is 5.10 Å². The topological polar surface area (TPSA) is 88.6 Å². The third-order valence-electron chi connectivity index (χ3n) is 4.88. The number of aryl methyl sites for hydroxylation is 1. The highest BCUT2D eigenvalue weighted by Crippen LogP contribution is 2.25.